The third-order valence-corrected chi connectivity index (χ3v) is 4.62. The molecule has 0 bridgehead atoms. The van der Waals surface area contributed by atoms with E-state index in [1.54, 1.807) is 11.0 Å². The van der Waals surface area contributed by atoms with Gasteiger partial charge in [0.05, 0.1) is 5.41 Å². The molecule has 1 aromatic heterocycles. The van der Waals surface area contributed by atoms with Crippen LogP contribution in [0.2, 0.25) is 0 Å². The van der Waals surface area contributed by atoms with Gasteiger partial charge < -0.3 is 5.32 Å². The molecule has 2 aromatic rings. The number of aryl methyl sites for hydroxylation is 1. The molecule has 1 aromatic carbocycles. The molecule has 1 aliphatic carbocycles. The van der Waals surface area contributed by atoms with Gasteiger partial charge in [-0.2, -0.15) is 5.10 Å². The van der Waals surface area contributed by atoms with Crippen molar-refractivity contribution in [1.29, 1.82) is 0 Å². The van der Waals surface area contributed by atoms with E-state index < -0.39 is 0 Å². The molecule has 22 heavy (non-hydrogen) atoms. The van der Waals surface area contributed by atoms with Gasteiger partial charge in [-0.3, -0.25) is 9.48 Å². The van der Waals surface area contributed by atoms with E-state index >= 15 is 0 Å². The third kappa shape index (κ3) is 3.03. The van der Waals surface area contributed by atoms with Crippen molar-refractivity contribution in [2.75, 3.05) is 6.54 Å². The first-order valence-electron chi connectivity index (χ1n) is 7.85. The zero-order valence-electron chi connectivity index (χ0n) is 13.0. The molecular formula is C17H22N4O. The summed E-state index contributed by atoms with van der Waals surface area (Å²) in [5.41, 5.74) is 1.03. The fraction of sp³-hybridized carbons (Fsp3) is 0.471. The number of amides is 1. The summed E-state index contributed by atoms with van der Waals surface area (Å²) in [5.74, 6) is 1.08. The van der Waals surface area contributed by atoms with Crippen molar-refractivity contribution in [3.8, 4) is 0 Å². The van der Waals surface area contributed by atoms with E-state index in [9.17, 15) is 4.79 Å². The molecule has 0 radical (unpaired) electrons. The largest absolute Gasteiger partial charge is 0.355 e. The van der Waals surface area contributed by atoms with Crippen LogP contribution >= 0.6 is 0 Å². The first-order chi connectivity index (χ1) is 10.7. The summed E-state index contributed by atoms with van der Waals surface area (Å²) < 4.78 is 1.75. The van der Waals surface area contributed by atoms with Crippen LogP contribution in [0.15, 0.2) is 36.7 Å². The predicted molar refractivity (Wildman–Crippen MR) is 84.1 cm³/mol. The lowest BCUT2D eigenvalue weighted by atomic mass is 9.64. The summed E-state index contributed by atoms with van der Waals surface area (Å²) in [6, 6.07) is 10.3. The Labute approximate surface area is 130 Å². The summed E-state index contributed by atoms with van der Waals surface area (Å²) in [6.45, 7) is 0.613. The molecule has 0 unspecified atom stereocenters. The third-order valence-electron chi connectivity index (χ3n) is 4.62. The van der Waals surface area contributed by atoms with Crippen molar-refractivity contribution < 1.29 is 4.79 Å². The van der Waals surface area contributed by atoms with E-state index in [1.807, 2.05) is 25.2 Å². The number of hydrogen-bond acceptors (Lipinski definition) is 3. The second-order valence-electron chi connectivity index (χ2n) is 6.10. The Morgan fingerprint density at radius 3 is 2.68 bits per heavy atom. The van der Waals surface area contributed by atoms with Crippen LogP contribution in [0.5, 0.6) is 0 Å². The van der Waals surface area contributed by atoms with Crippen LogP contribution in [-0.2, 0) is 24.7 Å². The highest BCUT2D eigenvalue weighted by molar-refractivity contribution is 5.83. The number of hydrogen-bond donors (Lipinski definition) is 1. The minimum absolute atomic E-state index is 0.185. The van der Waals surface area contributed by atoms with Gasteiger partial charge in [0.2, 0.25) is 5.91 Å². The van der Waals surface area contributed by atoms with Gasteiger partial charge in [-0.1, -0.05) is 36.8 Å². The lowest BCUT2D eigenvalue weighted by Gasteiger charge is -2.40. The lowest BCUT2D eigenvalue weighted by Crippen LogP contribution is -2.47. The first kappa shape index (κ1) is 14.8. The second kappa shape index (κ2) is 6.30. The topological polar surface area (TPSA) is 59.8 Å². The number of aromatic nitrogens is 3. The van der Waals surface area contributed by atoms with E-state index in [2.05, 4.69) is 27.5 Å². The van der Waals surface area contributed by atoms with E-state index in [0.717, 1.165) is 31.5 Å². The van der Waals surface area contributed by atoms with Gasteiger partial charge in [-0.05, 0) is 24.8 Å². The number of carbonyl (C=O) groups excluding carboxylic acids is 1. The van der Waals surface area contributed by atoms with E-state index in [1.165, 1.54) is 5.56 Å². The summed E-state index contributed by atoms with van der Waals surface area (Å²) in [7, 11) is 1.87. The molecule has 116 valence electrons. The SMILES string of the molecule is Cn1ncnc1CCNC(=O)C1(Cc2ccccc2)CCC1. The van der Waals surface area contributed by atoms with Crippen LogP contribution in [0.4, 0.5) is 0 Å². The Hall–Kier alpha value is -2.17. The number of rotatable bonds is 6. The fourth-order valence-electron chi connectivity index (χ4n) is 3.10. The summed E-state index contributed by atoms with van der Waals surface area (Å²) in [6.07, 6.45) is 6.20. The highest BCUT2D eigenvalue weighted by atomic mass is 16.2. The summed E-state index contributed by atoms with van der Waals surface area (Å²) in [5, 5.41) is 7.13. The maximum Gasteiger partial charge on any atom is 0.226 e. The van der Waals surface area contributed by atoms with Crippen LogP contribution in [0, 0.1) is 5.41 Å². The van der Waals surface area contributed by atoms with Crippen molar-refractivity contribution in [3.05, 3.63) is 48.0 Å². The molecule has 5 heteroatoms. The first-order valence-corrected chi connectivity index (χ1v) is 7.85. The second-order valence-corrected chi connectivity index (χ2v) is 6.10. The zero-order chi connectivity index (χ0) is 15.4. The van der Waals surface area contributed by atoms with E-state index in [-0.39, 0.29) is 11.3 Å². The molecule has 3 rings (SSSR count). The lowest BCUT2D eigenvalue weighted by molar-refractivity contribution is -0.135. The molecule has 1 fully saturated rings. The quantitative estimate of drug-likeness (QED) is 0.886. The minimum atomic E-state index is -0.207. The number of benzene rings is 1. The Bertz CT molecular complexity index is 631. The molecule has 0 atom stereocenters. The molecule has 1 saturated carbocycles. The molecule has 0 saturated heterocycles. The van der Waals surface area contributed by atoms with Crippen LogP contribution in [-0.4, -0.2) is 27.2 Å². The molecule has 1 N–H and O–H groups in total. The molecule has 5 nitrogen and oxygen atoms in total. The average Bonchev–Trinajstić information content (AvgIpc) is 2.89. The standard InChI is InChI=1S/C17H22N4O/c1-21-15(19-13-20-21)8-11-18-16(22)17(9-5-10-17)12-14-6-3-2-4-7-14/h2-4,6-7,13H,5,8-12H2,1H3,(H,18,22). The smallest absolute Gasteiger partial charge is 0.226 e. The monoisotopic (exact) mass is 298 g/mol. The highest BCUT2D eigenvalue weighted by Gasteiger charge is 2.43. The molecule has 1 amide bonds. The number of nitrogens with one attached hydrogen (secondary N) is 1. The fourth-order valence-corrected chi connectivity index (χ4v) is 3.10. The van der Waals surface area contributed by atoms with Gasteiger partial charge in [0.15, 0.2) is 0 Å². The molecule has 0 aliphatic heterocycles. The van der Waals surface area contributed by atoms with Crippen molar-refractivity contribution in [3.63, 3.8) is 0 Å². The zero-order valence-corrected chi connectivity index (χ0v) is 13.0. The minimum Gasteiger partial charge on any atom is -0.355 e. The van der Waals surface area contributed by atoms with Crippen molar-refractivity contribution in [1.82, 2.24) is 20.1 Å². The van der Waals surface area contributed by atoms with Crippen molar-refractivity contribution in [2.45, 2.75) is 32.1 Å². The summed E-state index contributed by atoms with van der Waals surface area (Å²) in [4.78, 5) is 16.8. The van der Waals surface area contributed by atoms with Crippen molar-refractivity contribution >= 4 is 5.91 Å². The van der Waals surface area contributed by atoms with Gasteiger partial charge >= 0.3 is 0 Å². The van der Waals surface area contributed by atoms with E-state index in [0.29, 0.717) is 13.0 Å². The summed E-state index contributed by atoms with van der Waals surface area (Å²) >= 11 is 0. The molecule has 0 spiro atoms. The maximum absolute atomic E-state index is 12.6. The van der Waals surface area contributed by atoms with Crippen LogP contribution in [0.25, 0.3) is 0 Å². The number of carbonyl (C=O) groups is 1. The van der Waals surface area contributed by atoms with Gasteiger partial charge in [-0.25, -0.2) is 4.98 Å². The molecule has 1 aliphatic rings. The molecule has 1 heterocycles. The maximum atomic E-state index is 12.6. The Kier molecular flexibility index (Phi) is 4.22. The molecular weight excluding hydrogens is 276 g/mol. The highest BCUT2D eigenvalue weighted by Crippen LogP contribution is 2.43. The van der Waals surface area contributed by atoms with Crippen molar-refractivity contribution in [2.24, 2.45) is 12.5 Å². The van der Waals surface area contributed by atoms with Crippen LogP contribution < -0.4 is 5.32 Å². The van der Waals surface area contributed by atoms with Gasteiger partial charge in [0, 0.05) is 20.0 Å². The Morgan fingerprint density at radius 2 is 2.09 bits per heavy atom. The van der Waals surface area contributed by atoms with Crippen LogP contribution in [0.1, 0.15) is 30.7 Å². The van der Waals surface area contributed by atoms with E-state index in [4.69, 9.17) is 0 Å². The average molecular weight is 298 g/mol. The van der Waals surface area contributed by atoms with Gasteiger partial charge in [0.25, 0.3) is 0 Å². The normalized spacial score (nSPS) is 16.0. The van der Waals surface area contributed by atoms with Crippen LogP contribution in [0.3, 0.4) is 0 Å². The Balaban J connectivity index is 1.56. The number of nitrogens with zero attached hydrogens (tertiary/aromatic N) is 3. The Morgan fingerprint density at radius 1 is 1.32 bits per heavy atom. The predicted octanol–water partition coefficient (Wildman–Crippen LogP) is 1.89. The van der Waals surface area contributed by atoms with Gasteiger partial charge in [0.1, 0.15) is 12.2 Å². The van der Waals surface area contributed by atoms with Gasteiger partial charge in [-0.15, -0.1) is 0 Å².